The van der Waals surface area contributed by atoms with E-state index in [1.807, 2.05) is 0 Å². The van der Waals surface area contributed by atoms with Crippen molar-refractivity contribution >= 4 is 17.5 Å². The first-order valence-electron chi connectivity index (χ1n) is 5.82. The molecule has 0 saturated carbocycles. The lowest BCUT2D eigenvalue weighted by Crippen LogP contribution is -2.16. The summed E-state index contributed by atoms with van der Waals surface area (Å²) in [5, 5.41) is 9.19. The molecular formula is C13H13FN4O2. The Morgan fingerprint density at radius 3 is 2.60 bits per heavy atom. The third kappa shape index (κ3) is 2.51. The van der Waals surface area contributed by atoms with Gasteiger partial charge >= 0.3 is 0 Å². The van der Waals surface area contributed by atoms with Gasteiger partial charge in [-0.25, -0.2) is 4.39 Å². The molecule has 6 nitrogen and oxygen atoms in total. The predicted octanol–water partition coefficient (Wildman–Crippen LogP) is 1.52. The molecule has 20 heavy (non-hydrogen) atoms. The van der Waals surface area contributed by atoms with Gasteiger partial charge in [0.1, 0.15) is 5.82 Å². The van der Waals surface area contributed by atoms with Crippen molar-refractivity contribution in [3.8, 4) is 0 Å². The molecule has 2 aromatic rings. The van der Waals surface area contributed by atoms with E-state index in [0.717, 1.165) is 6.07 Å². The molecule has 0 radical (unpaired) electrons. The first-order valence-corrected chi connectivity index (χ1v) is 5.82. The second kappa shape index (κ2) is 5.12. The molecule has 1 aromatic carbocycles. The van der Waals surface area contributed by atoms with Crippen molar-refractivity contribution in [2.75, 3.05) is 5.32 Å². The van der Waals surface area contributed by atoms with Gasteiger partial charge in [0, 0.05) is 11.4 Å². The summed E-state index contributed by atoms with van der Waals surface area (Å²) in [6.45, 7) is 3.41. The number of carbonyl (C=O) groups excluding carboxylic acids is 2. The van der Waals surface area contributed by atoms with E-state index in [1.54, 1.807) is 13.8 Å². The molecule has 0 saturated heterocycles. The molecule has 1 heterocycles. The molecule has 2 rings (SSSR count). The number of amides is 2. The van der Waals surface area contributed by atoms with Crippen molar-refractivity contribution in [3.05, 3.63) is 46.5 Å². The van der Waals surface area contributed by atoms with Crippen LogP contribution in [0.2, 0.25) is 0 Å². The fourth-order valence-corrected chi connectivity index (χ4v) is 1.87. The van der Waals surface area contributed by atoms with E-state index in [1.165, 1.54) is 12.1 Å². The first kappa shape index (κ1) is 13.7. The monoisotopic (exact) mass is 276 g/mol. The fraction of sp³-hybridized carbons (Fsp3) is 0.154. The molecule has 0 fully saturated rings. The number of nitrogens with zero attached hydrogens (tertiary/aromatic N) is 1. The van der Waals surface area contributed by atoms with Crippen LogP contribution in [0, 0.1) is 19.7 Å². The highest BCUT2D eigenvalue weighted by atomic mass is 19.1. The summed E-state index contributed by atoms with van der Waals surface area (Å²) in [5.41, 5.74) is 6.65. The number of carbonyl (C=O) groups is 2. The normalized spacial score (nSPS) is 10.3. The van der Waals surface area contributed by atoms with E-state index in [0.29, 0.717) is 17.0 Å². The molecule has 0 unspecified atom stereocenters. The van der Waals surface area contributed by atoms with E-state index in [9.17, 15) is 14.0 Å². The number of hydrogen-bond donors (Lipinski definition) is 3. The Kier molecular flexibility index (Phi) is 3.51. The molecule has 7 heteroatoms. The van der Waals surface area contributed by atoms with E-state index < -0.39 is 17.6 Å². The van der Waals surface area contributed by atoms with E-state index >= 15 is 0 Å². The van der Waals surface area contributed by atoms with Crippen molar-refractivity contribution < 1.29 is 14.0 Å². The van der Waals surface area contributed by atoms with Crippen LogP contribution in [-0.4, -0.2) is 22.0 Å². The highest BCUT2D eigenvalue weighted by Gasteiger charge is 2.16. The Bertz CT molecular complexity index is 674. The summed E-state index contributed by atoms with van der Waals surface area (Å²) < 4.78 is 13.3. The number of aromatic amines is 1. The van der Waals surface area contributed by atoms with Crippen LogP contribution in [0.15, 0.2) is 18.2 Å². The maximum Gasteiger partial charge on any atom is 0.259 e. The minimum absolute atomic E-state index is 0.275. The van der Waals surface area contributed by atoms with Gasteiger partial charge in [-0.1, -0.05) is 0 Å². The van der Waals surface area contributed by atoms with Crippen LogP contribution < -0.4 is 11.1 Å². The van der Waals surface area contributed by atoms with Crippen LogP contribution in [0.25, 0.3) is 0 Å². The van der Waals surface area contributed by atoms with Gasteiger partial charge in [0.15, 0.2) is 0 Å². The van der Waals surface area contributed by atoms with Gasteiger partial charge in [-0.3, -0.25) is 14.7 Å². The number of rotatable bonds is 3. The third-order valence-electron chi connectivity index (χ3n) is 2.84. The lowest BCUT2D eigenvalue weighted by Gasteiger charge is -2.07. The van der Waals surface area contributed by atoms with Gasteiger partial charge in [0.25, 0.3) is 11.8 Å². The van der Waals surface area contributed by atoms with Gasteiger partial charge in [0.05, 0.1) is 16.8 Å². The molecule has 0 aliphatic rings. The minimum Gasteiger partial charge on any atom is -0.366 e. The molecule has 2 amide bonds. The molecule has 4 N–H and O–H groups in total. The van der Waals surface area contributed by atoms with Gasteiger partial charge in [-0.05, 0) is 32.0 Å². The Morgan fingerprint density at radius 2 is 2.05 bits per heavy atom. The highest BCUT2D eigenvalue weighted by molar-refractivity contribution is 6.06. The number of aromatic nitrogens is 2. The number of primary amides is 1. The number of anilines is 1. The van der Waals surface area contributed by atoms with Crippen molar-refractivity contribution in [2.24, 2.45) is 5.73 Å². The Morgan fingerprint density at radius 1 is 1.35 bits per heavy atom. The zero-order valence-corrected chi connectivity index (χ0v) is 11.0. The molecule has 0 atom stereocenters. The molecule has 104 valence electrons. The zero-order chi connectivity index (χ0) is 14.9. The Hall–Kier alpha value is -2.70. The summed E-state index contributed by atoms with van der Waals surface area (Å²) in [6.07, 6.45) is 0. The number of hydrogen-bond acceptors (Lipinski definition) is 3. The zero-order valence-electron chi connectivity index (χ0n) is 11.0. The standard InChI is InChI=1S/C13H13FN4O2/c1-6-11(7(2)18-17-6)13(20)16-8-3-4-10(14)9(5-8)12(15)19/h3-5H,1-2H3,(H2,15,19)(H,16,20)(H,17,18). The largest absolute Gasteiger partial charge is 0.366 e. The van der Waals surface area contributed by atoms with Crippen LogP contribution in [0.1, 0.15) is 32.1 Å². The average Bonchev–Trinajstić information content (AvgIpc) is 2.71. The van der Waals surface area contributed by atoms with Gasteiger partial charge in [0.2, 0.25) is 0 Å². The summed E-state index contributed by atoms with van der Waals surface area (Å²) >= 11 is 0. The number of aryl methyl sites for hydroxylation is 2. The molecule has 0 aliphatic heterocycles. The van der Waals surface area contributed by atoms with Crippen molar-refractivity contribution in [3.63, 3.8) is 0 Å². The fourth-order valence-electron chi connectivity index (χ4n) is 1.87. The Labute approximate surface area is 114 Å². The van der Waals surface area contributed by atoms with Gasteiger partial charge < -0.3 is 11.1 Å². The quantitative estimate of drug-likeness (QED) is 0.792. The second-order valence-electron chi connectivity index (χ2n) is 4.32. The summed E-state index contributed by atoms with van der Waals surface area (Å²) in [5.74, 6) is -2.02. The van der Waals surface area contributed by atoms with Gasteiger partial charge in [-0.2, -0.15) is 5.10 Å². The smallest absolute Gasteiger partial charge is 0.259 e. The molecule has 0 bridgehead atoms. The van der Waals surface area contributed by atoms with E-state index in [4.69, 9.17) is 5.73 Å². The Balaban J connectivity index is 2.29. The average molecular weight is 276 g/mol. The van der Waals surface area contributed by atoms with E-state index in [-0.39, 0.29) is 11.3 Å². The van der Waals surface area contributed by atoms with Gasteiger partial charge in [-0.15, -0.1) is 0 Å². The first-order chi connectivity index (χ1) is 9.40. The van der Waals surface area contributed by atoms with Crippen LogP contribution in [0.3, 0.4) is 0 Å². The van der Waals surface area contributed by atoms with Crippen LogP contribution >= 0.6 is 0 Å². The van der Waals surface area contributed by atoms with Crippen LogP contribution in [-0.2, 0) is 0 Å². The topological polar surface area (TPSA) is 101 Å². The lowest BCUT2D eigenvalue weighted by atomic mass is 10.1. The summed E-state index contributed by atoms with van der Waals surface area (Å²) in [7, 11) is 0. The lowest BCUT2D eigenvalue weighted by molar-refractivity contribution is 0.0992. The van der Waals surface area contributed by atoms with Crippen molar-refractivity contribution in [1.29, 1.82) is 0 Å². The van der Waals surface area contributed by atoms with Crippen molar-refractivity contribution in [1.82, 2.24) is 10.2 Å². The predicted molar refractivity (Wildman–Crippen MR) is 70.9 cm³/mol. The summed E-state index contributed by atoms with van der Waals surface area (Å²) in [4.78, 5) is 23.2. The molecule has 1 aromatic heterocycles. The molecular weight excluding hydrogens is 263 g/mol. The highest BCUT2D eigenvalue weighted by Crippen LogP contribution is 2.17. The maximum absolute atomic E-state index is 13.3. The maximum atomic E-state index is 13.3. The summed E-state index contributed by atoms with van der Waals surface area (Å²) in [6, 6.07) is 3.62. The number of nitrogens with two attached hydrogens (primary N) is 1. The molecule has 0 aliphatic carbocycles. The van der Waals surface area contributed by atoms with Crippen molar-refractivity contribution in [2.45, 2.75) is 13.8 Å². The number of halogens is 1. The third-order valence-corrected chi connectivity index (χ3v) is 2.84. The molecule has 0 spiro atoms. The van der Waals surface area contributed by atoms with Crippen LogP contribution in [0.4, 0.5) is 10.1 Å². The minimum atomic E-state index is -0.894. The van der Waals surface area contributed by atoms with Crippen LogP contribution in [0.5, 0.6) is 0 Å². The SMILES string of the molecule is Cc1n[nH]c(C)c1C(=O)Nc1ccc(F)c(C(N)=O)c1. The number of nitrogens with one attached hydrogen (secondary N) is 2. The number of H-pyrrole nitrogens is 1. The number of benzene rings is 1. The van der Waals surface area contributed by atoms with E-state index in [2.05, 4.69) is 15.5 Å². The second-order valence-corrected chi connectivity index (χ2v) is 4.32.